The molecule has 108 valence electrons. The Morgan fingerprint density at radius 2 is 2.00 bits per heavy atom. The zero-order chi connectivity index (χ0) is 14.5. The maximum atomic E-state index is 11.4. The van der Waals surface area contributed by atoms with Gasteiger partial charge in [0.2, 0.25) is 0 Å². The number of nitrogens with zero attached hydrogens (tertiary/aromatic N) is 1. The van der Waals surface area contributed by atoms with E-state index in [1.54, 1.807) is 11.3 Å². The molecule has 6 heteroatoms. The van der Waals surface area contributed by atoms with Gasteiger partial charge in [-0.2, -0.15) is 0 Å². The van der Waals surface area contributed by atoms with Gasteiger partial charge in [-0.15, -0.1) is 11.3 Å². The summed E-state index contributed by atoms with van der Waals surface area (Å²) in [5, 5.41) is 6.90. The summed E-state index contributed by atoms with van der Waals surface area (Å²) >= 11 is 1.65. The van der Waals surface area contributed by atoms with Crippen LogP contribution >= 0.6 is 11.3 Å². The van der Waals surface area contributed by atoms with Gasteiger partial charge in [0.05, 0.1) is 5.69 Å². The van der Waals surface area contributed by atoms with E-state index in [0.717, 1.165) is 23.8 Å². The van der Waals surface area contributed by atoms with Gasteiger partial charge in [-0.25, -0.2) is 9.78 Å². The first-order valence-corrected chi connectivity index (χ1v) is 7.24. The molecule has 0 aromatic carbocycles. The van der Waals surface area contributed by atoms with E-state index in [9.17, 15) is 4.79 Å². The predicted octanol–water partition coefficient (Wildman–Crippen LogP) is 3.09. The SMILES string of the molecule is Cc1nc(NCCCNC(=O)OC(C)(C)C)sc1C. The molecule has 1 heterocycles. The Kier molecular flexibility index (Phi) is 5.60. The number of carbonyl (C=O) groups is 1. The summed E-state index contributed by atoms with van der Waals surface area (Å²) in [5.74, 6) is 0. The average molecular weight is 285 g/mol. The minimum Gasteiger partial charge on any atom is -0.444 e. The highest BCUT2D eigenvalue weighted by molar-refractivity contribution is 7.15. The molecule has 19 heavy (non-hydrogen) atoms. The van der Waals surface area contributed by atoms with Gasteiger partial charge in [0.25, 0.3) is 0 Å². The molecular weight excluding hydrogens is 262 g/mol. The summed E-state index contributed by atoms with van der Waals surface area (Å²) in [7, 11) is 0. The first kappa shape index (κ1) is 15.8. The van der Waals surface area contributed by atoms with Crippen LogP contribution in [-0.2, 0) is 4.74 Å². The fraction of sp³-hybridized carbons (Fsp3) is 0.692. The van der Waals surface area contributed by atoms with E-state index in [2.05, 4.69) is 22.5 Å². The second kappa shape index (κ2) is 6.75. The maximum absolute atomic E-state index is 11.4. The second-order valence-electron chi connectivity index (χ2n) is 5.37. The molecule has 2 N–H and O–H groups in total. The molecule has 0 aliphatic carbocycles. The topological polar surface area (TPSA) is 63.2 Å². The van der Waals surface area contributed by atoms with Crippen molar-refractivity contribution in [2.45, 2.75) is 46.6 Å². The number of rotatable bonds is 5. The molecule has 0 fully saturated rings. The summed E-state index contributed by atoms with van der Waals surface area (Å²) in [6.07, 6.45) is 0.463. The monoisotopic (exact) mass is 285 g/mol. The zero-order valence-corrected chi connectivity index (χ0v) is 13.1. The van der Waals surface area contributed by atoms with E-state index in [4.69, 9.17) is 4.74 Å². The number of alkyl carbamates (subject to hydrolysis) is 1. The lowest BCUT2D eigenvalue weighted by molar-refractivity contribution is 0.0528. The Morgan fingerprint density at radius 3 is 2.53 bits per heavy atom. The smallest absolute Gasteiger partial charge is 0.407 e. The van der Waals surface area contributed by atoms with Crippen LogP contribution in [0.5, 0.6) is 0 Å². The first-order valence-electron chi connectivity index (χ1n) is 6.42. The Bertz CT molecular complexity index is 405. The molecule has 0 saturated heterocycles. The second-order valence-corrected chi connectivity index (χ2v) is 6.57. The van der Waals surface area contributed by atoms with Gasteiger partial charge in [-0.05, 0) is 41.0 Å². The van der Waals surface area contributed by atoms with Crippen molar-refractivity contribution in [2.24, 2.45) is 0 Å². The van der Waals surface area contributed by atoms with Crippen molar-refractivity contribution in [2.75, 3.05) is 18.4 Å². The van der Waals surface area contributed by atoms with Gasteiger partial charge in [0, 0.05) is 18.0 Å². The summed E-state index contributed by atoms with van der Waals surface area (Å²) in [4.78, 5) is 17.0. The molecule has 0 aliphatic rings. The van der Waals surface area contributed by atoms with Crippen molar-refractivity contribution >= 4 is 22.6 Å². The lowest BCUT2D eigenvalue weighted by atomic mass is 10.2. The number of aromatic nitrogens is 1. The number of anilines is 1. The fourth-order valence-electron chi connectivity index (χ4n) is 1.34. The van der Waals surface area contributed by atoms with Crippen LogP contribution in [0.4, 0.5) is 9.93 Å². The fourth-order valence-corrected chi connectivity index (χ4v) is 2.18. The van der Waals surface area contributed by atoms with Crippen LogP contribution in [0.25, 0.3) is 0 Å². The van der Waals surface area contributed by atoms with Crippen molar-refractivity contribution in [1.29, 1.82) is 0 Å². The van der Waals surface area contributed by atoms with Crippen molar-refractivity contribution in [3.05, 3.63) is 10.6 Å². The standard InChI is InChI=1S/C13H23N3O2S/c1-9-10(2)19-11(16-9)14-7-6-8-15-12(17)18-13(3,4)5/h6-8H2,1-5H3,(H,14,16)(H,15,17). The molecule has 0 saturated carbocycles. The average Bonchev–Trinajstić information content (AvgIpc) is 2.55. The molecule has 0 atom stereocenters. The van der Waals surface area contributed by atoms with E-state index in [1.165, 1.54) is 4.88 Å². The third-order valence-electron chi connectivity index (χ3n) is 2.33. The van der Waals surface area contributed by atoms with Gasteiger partial charge in [-0.3, -0.25) is 0 Å². The number of nitrogens with one attached hydrogen (secondary N) is 2. The molecule has 1 amide bonds. The Balaban J connectivity index is 2.13. The largest absolute Gasteiger partial charge is 0.444 e. The molecule has 1 rings (SSSR count). The molecular formula is C13H23N3O2S. The van der Waals surface area contributed by atoms with Crippen molar-refractivity contribution in [1.82, 2.24) is 10.3 Å². The molecule has 0 bridgehead atoms. The number of carbonyl (C=O) groups excluding carboxylic acids is 1. The van der Waals surface area contributed by atoms with Gasteiger partial charge >= 0.3 is 6.09 Å². The van der Waals surface area contributed by atoms with Gasteiger partial charge in [-0.1, -0.05) is 0 Å². The highest BCUT2D eigenvalue weighted by Crippen LogP contribution is 2.20. The number of amides is 1. The molecule has 1 aromatic rings. The maximum Gasteiger partial charge on any atom is 0.407 e. The number of hydrogen-bond acceptors (Lipinski definition) is 5. The minimum absolute atomic E-state index is 0.367. The van der Waals surface area contributed by atoms with E-state index >= 15 is 0 Å². The molecule has 0 radical (unpaired) electrons. The summed E-state index contributed by atoms with van der Waals surface area (Å²) in [6.45, 7) is 11.0. The van der Waals surface area contributed by atoms with Crippen molar-refractivity contribution < 1.29 is 9.53 Å². The highest BCUT2D eigenvalue weighted by atomic mass is 32.1. The van der Waals surface area contributed by atoms with Gasteiger partial charge < -0.3 is 15.4 Å². The lowest BCUT2D eigenvalue weighted by Gasteiger charge is -2.19. The van der Waals surface area contributed by atoms with Crippen molar-refractivity contribution in [3.8, 4) is 0 Å². The molecule has 0 unspecified atom stereocenters. The van der Waals surface area contributed by atoms with Gasteiger partial charge in [0.15, 0.2) is 5.13 Å². The Morgan fingerprint density at radius 1 is 1.32 bits per heavy atom. The molecule has 5 nitrogen and oxygen atoms in total. The molecule has 1 aromatic heterocycles. The molecule has 0 aliphatic heterocycles. The van der Waals surface area contributed by atoms with Crippen molar-refractivity contribution in [3.63, 3.8) is 0 Å². The lowest BCUT2D eigenvalue weighted by Crippen LogP contribution is -2.33. The third-order valence-corrected chi connectivity index (χ3v) is 3.36. The van der Waals surface area contributed by atoms with E-state index < -0.39 is 5.60 Å². The summed E-state index contributed by atoms with van der Waals surface area (Å²) in [6, 6.07) is 0. The predicted molar refractivity (Wildman–Crippen MR) is 78.9 cm³/mol. The Labute approximate surface area is 118 Å². The highest BCUT2D eigenvalue weighted by Gasteiger charge is 2.15. The number of hydrogen-bond donors (Lipinski definition) is 2. The number of thiazole rings is 1. The summed E-state index contributed by atoms with van der Waals surface area (Å²) in [5.41, 5.74) is 0.623. The van der Waals surface area contributed by atoms with E-state index in [0.29, 0.717) is 6.54 Å². The van der Waals surface area contributed by atoms with Crippen LogP contribution in [-0.4, -0.2) is 29.8 Å². The number of aryl methyl sites for hydroxylation is 2. The van der Waals surface area contributed by atoms with Crippen LogP contribution in [0.3, 0.4) is 0 Å². The normalized spacial score (nSPS) is 11.2. The van der Waals surface area contributed by atoms with E-state index in [-0.39, 0.29) is 6.09 Å². The quantitative estimate of drug-likeness (QED) is 0.816. The van der Waals surface area contributed by atoms with Gasteiger partial charge in [0.1, 0.15) is 5.60 Å². The zero-order valence-electron chi connectivity index (χ0n) is 12.3. The van der Waals surface area contributed by atoms with Crippen LogP contribution < -0.4 is 10.6 Å². The molecule has 0 spiro atoms. The van der Waals surface area contributed by atoms with E-state index in [1.807, 2.05) is 27.7 Å². The summed E-state index contributed by atoms with van der Waals surface area (Å²) < 4.78 is 5.14. The Hall–Kier alpha value is -1.30. The van der Waals surface area contributed by atoms with Crippen LogP contribution in [0.2, 0.25) is 0 Å². The first-order chi connectivity index (χ1) is 8.78. The number of ether oxygens (including phenoxy) is 1. The third kappa shape index (κ3) is 6.42. The van der Waals surface area contributed by atoms with Crippen LogP contribution in [0.15, 0.2) is 0 Å². The van der Waals surface area contributed by atoms with Crippen LogP contribution in [0, 0.1) is 13.8 Å². The van der Waals surface area contributed by atoms with Crippen LogP contribution in [0.1, 0.15) is 37.8 Å². The minimum atomic E-state index is -0.446.